The molecule has 0 bridgehead atoms. The van der Waals surface area contributed by atoms with Gasteiger partial charge in [-0.15, -0.1) is 0 Å². The second kappa shape index (κ2) is 12.9. The predicted molar refractivity (Wildman–Crippen MR) is 76.7 cm³/mol. The molecule has 0 aromatic rings. The molecule has 0 fully saturated rings. The van der Waals surface area contributed by atoms with E-state index in [4.69, 9.17) is 4.74 Å². The van der Waals surface area contributed by atoms with Gasteiger partial charge in [-0.1, -0.05) is 40.3 Å². The highest BCUT2D eigenvalue weighted by Gasteiger charge is 2.03. The van der Waals surface area contributed by atoms with Crippen LogP contribution in [0.15, 0.2) is 24.8 Å². The molecular formula is C15H26O4. The summed E-state index contributed by atoms with van der Waals surface area (Å²) >= 11 is 0. The highest BCUT2D eigenvalue weighted by Crippen LogP contribution is 1.97. The van der Waals surface area contributed by atoms with Gasteiger partial charge in [-0.25, -0.2) is 9.59 Å². The maximum absolute atomic E-state index is 10.7. The fraction of sp³-hybridized carbons (Fsp3) is 0.600. The van der Waals surface area contributed by atoms with Crippen molar-refractivity contribution in [2.75, 3.05) is 13.2 Å². The molecule has 0 aliphatic rings. The molecule has 0 aromatic carbocycles. The third-order valence-corrected chi connectivity index (χ3v) is 1.81. The largest absolute Gasteiger partial charge is 0.463 e. The second-order valence-electron chi connectivity index (χ2n) is 4.50. The van der Waals surface area contributed by atoms with Crippen molar-refractivity contribution in [3.05, 3.63) is 24.8 Å². The quantitative estimate of drug-likeness (QED) is 0.405. The molecule has 110 valence electrons. The molecule has 0 spiro atoms. The van der Waals surface area contributed by atoms with Gasteiger partial charge in [0.25, 0.3) is 0 Å². The van der Waals surface area contributed by atoms with Crippen LogP contribution in [0, 0.1) is 5.92 Å². The van der Waals surface area contributed by atoms with Crippen LogP contribution in [0.4, 0.5) is 0 Å². The first-order chi connectivity index (χ1) is 8.84. The number of esters is 2. The second-order valence-corrected chi connectivity index (χ2v) is 4.50. The van der Waals surface area contributed by atoms with E-state index in [2.05, 4.69) is 17.9 Å². The van der Waals surface area contributed by atoms with Gasteiger partial charge in [0.15, 0.2) is 0 Å². The third-order valence-electron chi connectivity index (χ3n) is 1.81. The van der Waals surface area contributed by atoms with Crippen molar-refractivity contribution < 1.29 is 19.1 Å². The van der Waals surface area contributed by atoms with E-state index in [1.165, 1.54) is 6.08 Å². The van der Waals surface area contributed by atoms with Gasteiger partial charge in [0.2, 0.25) is 0 Å². The summed E-state index contributed by atoms with van der Waals surface area (Å²) in [6, 6.07) is 0. The van der Waals surface area contributed by atoms with E-state index in [1.54, 1.807) is 6.92 Å². The van der Waals surface area contributed by atoms with Gasteiger partial charge in [-0.05, 0) is 19.3 Å². The van der Waals surface area contributed by atoms with Crippen LogP contribution < -0.4 is 0 Å². The Balaban J connectivity index is 0. The van der Waals surface area contributed by atoms with Gasteiger partial charge < -0.3 is 9.47 Å². The lowest BCUT2D eigenvalue weighted by Gasteiger charge is -2.05. The standard InChI is InChI=1S/C8H14O2.C7H12O2/c1-6(2)5-10-8(9)7(3)4;1-3-5-6-9-7(8)4-2/h6H,3,5H2,1-2,4H3;4H,2-3,5-6H2,1H3. The van der Waals surface area contributed by atoms with Crippen molar-refractivity contribution in [2.45, 2.75) is 40.5 Å². The molecule has 19 heavy (non-hydrogen) atoms. The number of hydrogen-bond acceptors (Lipinski definition) is 4. The number of carbonyl (C=O) groups excluding carboxylic acids is 2. The van der Waals surface area contributed by atoms with E-state index in [9.17, 15) is 9.59 Å². The highest BCUT2D eigenvalue weighted by molar-refractivity contribution is 5.86. The summed E-state index contributed by atoms with van der Waals surface area (Å²) in [5.74, 6) is -0.236. The summed E-state index contributed by atoms with van der Waals surface area (Å²) < 4.78 is 9.50. The van der Waals surface area contributed by atoms with Gasteiger partial charge in [-0.3, -0.25) is 0 Å². The van der Waals surface area contributed by atoms with Crippen molar-refractivity contribution in [3.63, 3.8) is 0 Å². The molecule has 0 atom stereocenters. The molecule has 0 saturated heterocycles. The minimum Gasteiger partial charge on any atom is -0.463 e. The number of ether oxygens (including phenoxy) is 2. The molecule has 0 aromatic heterocycles. The molecule has 0 radical (unpaired) electrons. The lowest BCUT2D eigenvalue weighted by atomic mass is 10.2. The van der Waals surface area contributed by atoms with E-state index >= 15 is 0 Å². The highest BCUT2D eigenvalue weighted by atomic mass is 16.5. The summed E-state index contributed by atoms with van der Waals surface area (Å²) in [6.45, 7) is 15.4. The maximum atomic E-state index is 10.7. The molecule has 0 saturated carbocycles. The molecule has 4 nitrogen and oxygen atoms in total. The van der Waals surface area contributed by atoms with Crippen molar-refractivity contribution >= 4 is 11.9 Å². The molecule has 0 amide bonds. The summed E-state index contributed by atoms with van der Waals surface area (Å²) in [6.07, 6.45) is 3.15. The number of unbranched alkanes of at least 4 members (excludes halogenated alkanes) is 1. The molecule has 0 heterocycles. The van der Waals surface area contributed by atoms with Crippen LogP contribution in [0.1, 0.15) is 40.5 Å². The van der Waals surface area contributed by atoms with Crippen LogP contribution in [0.2, 0.25) is 0 Å². The van der Waals surface area contributed by atoms with Gasteiger partial charge in [0, 0.05) is 11.6 Å². The van der Waals surface area contributed by atoms with Gasteiger partial charge >= 0.3 is 11.9 Å². The summed E-state index contributed by atoms with van der Waals surface area (Å²) in [7, 11) is 0. The van der Waals surface area contributed by atoms with Crippen LogP contribution in [-0.4, -0.2) is 25.2 Å². The third kappa shape index (κ3) is 16.4. The molecule has 0 rings (SSSR count). The Morgan fingerprint density at radius 3 is 2.21 bits per heavy atom. The minimum absolute atomic E-state index is 0.297. The SMILES string of the molecule is C=C(C)C(=O)OCC(C)C.C=CC(=O)OCCCC. The zero-order valence-corrected chi connectivity index (χ0v) is 12.5. The Hall–Kier alpha value is -1.58. The lowest BCUT2D eigenvalue weighted by molar-refractivity contribution is -0.140. The molecule has 4 heteroatoms. The van der Waals surface area contributed by atoms with E-state index in [0.29, 0.717) is 24.7 Å². The van der Waals surface area contributed by atoms with Gasteiger partial charge in [-0.2, -0.15) is 0 Å². The Morgan fingerprint density at radius 1 is 1.26 bits per heavy atom. The van der Waals surface area contributed by atoms with Gasteiger partial charge in [0.05, 0.1) is 13.2 Å². The summed E-state index contributed by atoms with van der Waals surface area (Å²) in [4.78, 5) is 21.1. The first kappa shape index (κ1) is 19.8. The van der Waals surface area contributed by atoms with Crippen LogP contribution in [0.5, 0.6) is 0 Å². The molecular weight excluding hydrogens is 244 g/mol. The van der Waals surface area contributed by atoms with Crippen molar-refractivity contribution in [2.24, 2.45) is 5.92 Å². The summed E-state index contributed by atoms with van der Waals surface area (Å²) in [5, 5.41) is 0. The van der Waals surface area contributed by atoms with Crippen LogP contribution in [0.3, 0.4) is 0 Å². The van der Waals surface area contributed by atoms with Crippen molar-refractivity contribution in [1.82, 2.24) is 0 Å². The predicted octanol–water partition coefficient (Wildman–Crippen LogP) is 3.28. The van der Waals surface area contributed by atoms with Crippen molar-refractivity contribution in [1.29, 1.82) is 0 Å². The normalized spacial score (nSPS) is 9.11. The van der Waals surface area contributed by atoms with Crippen LogP contribution in [0.25, 0.3) is 0 Å². The average molecular weight is 270 g/mol. The Morgan fingerprint density at radius 2 is 1.84 bits per heavy atom. The zero-order chi connectivity index (χ0) is 15.3. The number of rotatable bonds is 7. The zero-order valence-electron chi connectivity index (χ0n) is 12.5. The monoisotopic (exact) mass is 270 g/mol. The van der Waals surface area contributed by atoms with E-state index in [0.717, 1.165) is 12.8 Å². The number of hydrogen-bond donors (Lipinski definition) is 0. The Labute approximate surface area is 116 Å². The fourth-order valence-electron chi connectivity index (χ4n) is 0.742. The maximum Gasteiger partial charge on any atom is 0.333 e. The molecule has 0 unspecified atom stereocenters. The average Bonchev–Trinajstić information content (AvgIpc) is 2.36. The van der Waals surface area contributed by atoms with Crippen molar-refractivity contribution in [3.8, 4) is 0 Å². The van der Waals surface area contributed by atoms with E-state index < -0.39 is 0 Å². The Kier molecular flexibility index (Phi) is 13.4. The topological polar surface area (TPSA) is 52.6 Å². The van der Waals surface area contributed by atoms with E-state index in [1.807, 2.05) is 20.8 Å². The van der Waals surface area contributed by atoms with Crippen LogP contribution in [-0.2, 0) is 19.1 Å². The molecule has 0 aliphatic carbocycles. The molecule has 0 aliphatic heterocycles. The Bertz CT molecular complexity index is 293. The van der Waals surface area contributed by atoms with Gasteiger partial charge in [0.1, 0.15) is 0 Å². The summed E-state index contributed by atoms with van der Waals surface area (Å²) in [5.41, 5.74) is 0.459. The lowest BCUT2D eigenvalue weighted by Crippen LogP contribution is -2.09. The smallest absolute Gasteiger partial charge is 0.333 e. The minimum atomic E-state index is -0.330. The first-order valence-corrected chi connectivity index (χ1v) is 6.46. The fourth-order valence-corrected chi connectivity index (χ4v) is 0.742. The molecule has 0 N–H and O–H groups in total. The number of carbonyl (C=O) groups is 2. The van der Waals surface area contributed by atoms with E-state index in [-0.39, 0.29) is 11.9 Å². The first-order valence-electron chi connectivity index (χ1n) is 6.46. The van der Waals surface area contributed by atoms with Crippen LogP contribution >= 0.6 is 0 Å².